The monoisotopic (exact) mass is 546 g/mol. The number of carbonyl (C=O) groups is 2. The largest absolute Gasteiger partial charge is 0.366 e. The first kappa shape index (κ1) is 25.7. The highest BCUT2D eigenvalue weighted by Crippen LogP contribution is 2.38. The van der Waals surface area contributed by atoms with Gasteiger partial charge in [0, 0.05) is 45.1 Å². The smallest absolute Gasteiger partial charge is 0.253 e. The Bertz CT molecular complexity index is 1800. The molecule has 7 nitrogen and oxygen atoms in total. The first-order chi connectivity index (χ1) is 19.1. The summed E-state index contributed by atoms with van der Waals surface area (Å²) in [6.45, 7) is 3.64. The predicted octanol–water partition coefficient (Wildman–Crippen LogP) is 5.68. The lowest BCUT2D eigenvalue weighted by atomic mass is 9.97. The van der Waals surface area contributed by atoms with Gasteiger partial charge >= 0.3 is 0 Å². The van der Waals surface area contributed by atoms with E-state index in [-0.39, 0.29) is 36.5 Å². The minimum atomic E-state index is -1.07. The molecule has 1 aliphatic rings. The number of fused-ring (bicyclic) bond motifs is 3. The molecule has 40 heavy (non-hydrogen) atoms. The van der Waals surface area contributed by atoms with Gasteiger partial charge in [-0.15, -0.1) is 0 Å². The summed E-state index contributed by atoms with van der Waals surface area (Å²) in [4.78, 5) is 27.5. The van der Waals surface area contributed by atoms with Crippen molar-refractivity contribution in [3.63, 3.8) is 0 Å². The molecule has 1 fully saturated rings. The van der Waals surface area contributed by atoms with Crippen molar-refractivity contribution < 1.29 is 27.3 Å². The Morgan fingerprint density at radius 3 is 2.45 bits per heavy atom. The van der Waals surface area contributed by atoms with E-state index in [4.69, 9.17) is 10.3 Å². The molecule has 0 unspecified atom stereocenters. The van der Waals surface area contributed by atoms with Crippen LogP contribution in [0.3, 0.4) is 0 Å². The number of hydrogen-bond acceptors (Lipinski definition) is 4. The first-order valence-corrected chi connectivity index (χ1v) is 12.8. The van der Waals surface area contributed by atoms with Crippen LogP contribution in [0, 0.1) is 25.5 Å². The van der Waals surface area contributed by atoms with Crippen molar-refractivity contribution in [1.82, 2.24) is 14.6 Å². The van der Waals surface area contributed by atoms with Crippen molar-refractivity contribution in [3.05, 3.63) is 88.3 Å². The quantitative estimate of drug-likeness (QED) is 0.307. The Kier molecular flexibility index (Phi) is 6.13. The molecule has 2 amide bonds. The molecular weight excluding hydrogens is 521 g/mol. The number of alkyl halides is 1. The van der Waals surface area contributed by atoms with Crippen LogP contribution in [-0.2, 0) is 6.54 Å². The molecule has 1 aliphatic heterocycles. The van der Waals surface area contributed by atoms with E-state index >= 15 is 0 Å². The molecule has 5 aromatic rings. The average molecular weight is 547 g/mol. The van der Waals surface area contributed by atoms with Crippen LogP contribution in [-0.4, -0.2) is 45.7 Å². The highest BCUT2D eigenvalue weighted by atomic mass is 19.1. The number of amides is 2. The second-order valence-corrected chi connectivity index (χ2v) is 10.1. The lowest BCUT2D eigenvalue weighted by Crippen LogP contribution is -2.28. The lowest BCUT2D eigenvalue weighted by Gasteiger charge is -2.15. The Hall–Kier alpha value is -4.60. The van der Waals surface area contributed by atoms with E-state index in [1.807, 2.05) is 0 Å². The molecule has 0 saturated carbocycles. The number of benzene rings is 3. The summed E-state index contributed by atoms with van der Waals surface area (Å²) in [6, 6.07) is 12.0. The number of hydrogen-bond donors (Lipinski definition) is 1. The summed E-state index contributed by atoms with van der Waals surface area (Å²) in [7, 11) is 0. The summed E-state index contributed by atoms with van der Waals surface area (Å²) in [5, 5.41) is 4.96. The summed E-state index contributed by atoms with van der Waals surface area (Å²) < 4.78 is 50.5. The van der Waals surface area contributed by atoms with Gasteiger partial charge in [-0.3, -0.25) is 9.59 Å². The molecule has 2 aromatic heterocycles. The third-order valence-electron chi connectivity index (χ3n) is 7.60. The van der Waals surface area contributed by atoms with E-state index in [1.54, 1.807) is 48.7 Å². The maximum absolute atomic E-state index is 14.8. The first-order valence-electron chi connectivity index (χ1n) is 12.8. The number of nitrogens with zero attached hydrogens (tertiary/aromatic N) is 3. The molecule has 1 atom stereocenters. The van der Waals surface area contributed by atoms with E-state index < -0.39 is 23.7 Å². The normalized spacial score (nSPS) is 15.4. The molecule has 0 bridgehead atoms. The summed E-state index contributed by atoms with van der Waals surface area (Å²) in [5.74, 6) is -1.95. The molecule has 2 N–H and O–H groups in total. The Morgan fingerprint density at radius 2 is 1.82 bits per heavy atom. The van der Waals surface area contributed by atoms with Crippen LogP contribution >= 0.6 is 0 Å². The number of aryl methyl sites for hydroxylation is 2. The van der Waals surface area contributed by atoms with Crippen LogP contribution in [0.5, 0.6) is 0 Å². The zero-order valence-electron chi connectivity index (χ0n) is 21.8. The van der Waals surface area contributed by atoms with E-state index in [1.165, 1.54) is 23.1 Å². The van der Waals surface area contributed by atoms with Crippen molar-refractivity contribution in [1.29, 1.82) is 0 Å². The van der Waals surface area contributed by atoms with Gasteiger partial charge in [-0.05, 0) is 68.3 Å². The van der Waals surface area contributed by atoms with Crippen LogP contribution in [0.15, 0.2) is 53.1 Å². The number of carbonyl (C=O) groups excluding carboxylic acids is 2. The van der Waals surface area contributed by atoms with Crippen molar-refractivity contribution in [3.8, 4) is 11.1 Å². The standard InChI is InChI=1S/C30H25F3N4O3/c1-15-27(16(2)40-35-15)18-11-21(29(34)38)28-20-10-17(30(39)36-9-8-19(31)13-36)6-7-25(20)37(26(28)12-18)14-22-23(32)4-3-5-24(22)33/h3-7,10-12,19H,8-9,13-14H2,1-2H3,(H2,34,38)/t19-/m0/s1. The molecular formula is C30H25F3N4O3. The minimum absolute atomic E-state index is 0.0124. The number of rotatable bonds is 5. The van der Waals surface area contributed by atoms with Crippen LogP contribution in [0.4, 0.5) is 13.2 Å². The summed E-state index contributed by atoms with van der Waals surface area (Å²) in [6.07, 6.45) is -0.799. The van der Waals surface area contributed by atoms with Gasteiger partial charge in [-0.25, -0.2) is 13.2 Å². The zero-order chi connectivity index (χ0) is 28.3. The molecule has 204 valence electrons. The number of likely N-dealkylation sites (tertiary alicyclic amines) is 1. The minimum Gasteiger partial charge on any atom is -0.366 e. The lowest BCUT2D eigenvalue weighted by molar-refractivity contribution is 0.0782. The van der Waals surface area contributed by atoms with Gasteiger partial charge in [0.05, 0.1) is 24.3 Å². The average Bonchev–Trinajstić information content (AvgIpc) is 3.60. The fourth-order valence-corrected chi connectivity index (χ4v) is 5.69. The SMILES string of the molecule is Cc1noc(C)c1-c1cc(C(N)=O)c2c3cc(C(=O)N4CC[C@H](F)C4)ccc3n(Cc3c(F)cccc3F)c2c1. The fourth-order valence-electron chi connectivity index (χ4n) is 5.69. The van der Waals surface area contributed by atoms with E-state index in [2.05, 4.69) is 5.16 Å². The van der Waals surface area contributed by atoms with Gasteiger partial charge in [-0.1, -0.05) is 11.2 Å². The van der Waals surface area contributed by atoms with Crippen molar-refractivity contribution in [2.24, 2.45) is 5.73 Å². The fraction of sp³-hybridized carbons (Fsp3) is 0.233. The summed E-state index contributed by atoms with van der Waals surface area (Å²) in [5.41, 5.74) is 9.07. The Morgan fingerprint density at radius 1 is 1.07 bits per heavy atom. The molecule has 3 aromatic carbocycles. The molecule has 3 heterocycles. The molecule has 1 saturated heterocycles. The number of halogens is 3. The maximum atomic E-state index is 14.8. The Labute approximate surface area is 226 Å². The van der Waals surface area contributed by atoms with Crippen LogP contribution in [0.1, 0.15) is 44.2 Å². The van der Waals surface area contributed by atoms with Gasteiger partial charge in [0.2, 0.25) is 5.91 Å². The molecule has 0 aliphatic carbocycles. The Balaban J connectivity index is 1.65. The molecule has 0 radical (unpaired) electrons. The van der Waals surface area contributed by atoms with Crippen LogP contribution in [0.2, 0.25) is 0 Å². The van der Waals surface area contributed by atoms with Crippen LogP contribution < -0.4 is 5.73 Å². The van der Waals surface area contributed by atoms with Gasteiger partial charge in [0.15, 0.2) is 0 Å². The van der Waals surface area contributed by atoms with Crippen LogP contribution in [0.25, 0.3) is 32.9 Å². The number of aromatic nitrogens is 2. The molecule has 0 spiro atoms. The number of nitrogens with two attached hydrogens (primary N) is 1. The zero-order valence-corrected chi connectivity index (χ0v) is 21.8. The van der Waals surface area contributed by atoms with E-state index in [0.29, 0.717) is 56.5 Å². The van der Waals surface area contributed by atoms with Gasteiger partial charge < -0.3 is 19.7 Å². The van der Waals surface area contributed by atoms with Gasteiger partial charge in [0.1, 0.15) is 23.6 Å². The third-order valence-corrected chi connectivity index (χ3v) is 7.60. The third kappa shape index (κ3) is 4.11. The topological polar surface area (TPSA) is 94.4 Å². The predicted molar refractivity (Wildman–Crippen MR) is 144 cm³/mol. The maximum Gasteiger partial charge on any atom is 0.253 e. The van der Waals surface area contributed by atoms with E-state index in [0.717, 1.165) is 0 Å². The summed E-state index contributed by atoms with van der Waals surface area (Å²) >= 11 is 0. The highest BCUT2D eigenvalue weighted by molar-refractivity contribution is 6.20. The van der Waals surface area contributed by atoms with E-state index in [9.17, 15) is 22.8 Å². The molecule has 10 heteroatoms. The highest BCUT2D eigenvalue weighted by Gasteiger charge is 2.28. The number of primary amides is 1. The van der Waals surface area contributed by atoms with Crippen molar-refractivity contribution >= 4 is 33.6 Å². The van der Waals surface area contributed by atoms with Crippen molar-refractivity contribution in [2.75, 3.05) is 13.1 Å². The van der Waals surface area contributed by atoms with Crippen molar-refractivity contribution in [2.45, 2.75) is 33.0 Å². The molecule has 6 rings (SSSR count). The van der Waals surface area contributed by atoms with Gasteiger partial charge in [0.25, 0.3) is 5.91 Å². The second-order valence-electron chi connectivity index (χ2n) is 10.1. The van der Waals surface area contributed by atoms with Gasteiger partial charge in [-0.2, -0.15) is 0 Å². The second kappa shape index (κ2) is 9.55.